The number of hydrogen-bond acceptors (Lipinski definition) is 5. The summed E-state index contributed by atoms with van der Waals surface area (Å²) < 4.78 is 68.6. The second kappa shape index (κ2) is 10.3. The Morgan fingerprint density at radius 2 is 1.82 bits per heavy atom. The van der Waals surface area contributed by atoms with E-state index in [2.05, 4.69) is 15.3 Å². The van der Waals surface area contributed by atoms with Crippen LogP contribution < -0.4 is 10.6 Å². The number of benzene rings is 2. The van der Waals surface area contributed by atoms with E-state index in [1.54, 1.807) is 13.8 Å². The van der Waals surface area contributed by atoms with Crippen molar-refractivity contribution in [2.45, 2.75) is 45.6 Å². The van der Waals surface area contributed by atoms with Crippen LogP contribution in [0.4, 0.5) is 23.4 Å². The maximum Gasteiger partial charge on any atom is 0.266 e. The van der Waals surface area contributed by atoms with E-state index < -0.39 is 43.6 Å². The molecule has 11 heteroatoms. The van der Waals surface area contributed by atoms with Crippen LogP contribution in [-0.2, 0) is 22.2 Å². The predicted molar refractivity (Wildman–Crippen MR) is 139 cm³/mol. The molecule has 38 heavy (non-hydrogen) atoms. The van der Waals surface area contributed by atoms with Crippen LogP contribution >= 0.6 is 7.14 Å². The van der Waals surface area contributed by atoms with Crippen molar-refractivity contribution in [1.29, 1.82) is 0 Å². The maximum absolute atomic E-state index is 14.9. The third-order valence-corrected chi connectivity index (χ3v) is 10.8. The Morgan fingerprint density at radius 3 is 2.50 bits per heavy atom. The van der Waals surface area contributed by atoms with Crippen molar-refractivity contribution in [3.05, 3.63) is 58.2 Å². The molecule has 2 aliphatic rings. The van der Waals surface area contributed by atoms with E-state index in [0.717, 1.165) is 47.3 Å². The molecule has 1 N–H and O–H groups in total. The van der Waals surface area contributed by atoms with Crippen molar-refractivity contribution in [3.63, 3.8) is 0 Å². The number of hydrogen-bond donors (Lipinski definition) is 1. The third kappa shape index (κ3) is 4.68. The first-order valence-electron chi connectivity index (χ1n) is 12.7. The molecule has 1 aliphatic carbocycles. The summed E-state index contributed by atoms with van der Waals surface area (Å²) in [5.74, 6) is -0.637. The van der Waals surface area contributed by atoms with Gasteiger partial charge < -0.3 is 14.8 Å². The first kappa shape index (κ1) is 26.6. The first-order valence-corrected chi connectivity index (χ1v) is 14.8. The van der Waals surface area contributed by atoms with E-state index in [0.29, 0.717) is 17.0 Å². The van der Waals surface area contributed by atoms with Crippen molar-refractivity contribution in [2.24, 2.45) is 0 Å². The van der Waals surface area contributed by atoms with Gasteiger partial charge >= 0.3 is 0 Å². The number of fused-ring (bicyclic) bond motifs is 3. The highest BCUT2D eigenvalue weighted by molar-refractivity contribution is 7.71. The Labute approximate surface area is 218 Å². The minimum atomic E-state index is -2.93. The maximum atomic E-state index is 14.9. The van der Waals surface area contributed by atoms with Gasteiger partial charge in [0.25, 0.3) is 12.3 Å². The fourth-order valence-corrected chi connectivity index (χ4v) is 8.59. The highest BCUT2D eigenvalue weighted by atomic mass is 31.2. The molecular weight excluding hydrogens is 519 g/mol. The molecule has 202 valence electrons. The molecule has 0 unspecified atom stereocenters. The lowest BCUT2D eigenvalue weighted by Crippen LogP contribution is -2.42. The summed E-state index contributed by atoms with van der Waals surface area (Å²) in [4.78, 5) is 22.5. The Hall–Kier alpha value is -3.00. The number of halogens is 4. The van der Waals surface area contributed by atoms with Crippen LogP contribution in [0.3, 0.4) is 0 Å². The van der Waals surface area contributed by atoms with Crippen LogP contribution in [-0.4, -0.2) is 52.9 Å². The summed E-state index contributed by atoms with van der Waals surface area (Å²) in [7, 11) is -2.89. The second-order valence-electron chi connectivity index (χ2n) is 9.99. The van der Waals surface area contributed by atoms with E-state index in [-0.39, 0.29) is 31.0 Å². The zero-order valence-corrected chi connectivity index (χ0v) is 22.1. The minimum absolute atomic E-state index is 0.0892. The van der Waals surface area contributed by atoms with E-state index in [1.807, 2.05) is 6.07 Å². The summed E-state index contributed by atoms with van der Waals surface area (Å²) in [5.41, 5.74) is 2.21. The highest BCUT2D eigenvalue weighted by Gasteiger charge is 2.36. The van der Waals surface area contributed by atoms with Gasteiger partial charge in [-0.2, -0.15) is 0 Å². The molecule has 1 aromatic heterocycles. The Balaban J connectivity index is 1.57. The number of anilines is 1. The molecule has 1 saturated heterocycles. The van der Waals surface area contributed by atoms with Gasteiger partial charge in [0.05, 0.1) is 17.1 Å². The lowest BCUT2D eigenvalue weighted by molar-refractivity contribution is -0.131. The van der Waals surface area contributed by atoms with Crippen LogP contribution in [0.5, 0.6) is 0 Å². The molecule has 6 nitrogen and oxygen atoms in total. The van der Waals surface area contributed by atoms with Crippen LogP contribution in [0, 0.1) is 12.7 Å². The largest absolute Gasteiger partial charge is 0.363 e. The van der Waals surface area contributed by atoms with Crippen LogP contribution in [0.1, 0.15) is 53.9 Å². The number of aryl methyl sites for hydroxylation is 2. The molecule has 1 aliphatic heterocycles. The SMILES string of the molecule is Cc1nc(N[C@H](C)c2cccc(C(F)F)c2F)c2cc(P3(=O)CCN(C(=O)CF)CC3)c3c(c2n1)CCC3. The number of carbonyl (C=O) groups is 1. The number of aromatic nitrogens is 2. The lowest BCUT2D eigenvalue weighted by atomic mass is 10.0. The summed E-state index contributed by atoms with van der Waals surface area (Å²) in [6.07, 6.45) is 0.0384. The molecule has 3 aromatic rings. The average molecular weight is 549 g/mol. The van der Waals surface area contributed by atoms with Gasteiger partial charge in [0.2, 0.25) is 0 Å². The average Bonchev–Trinajstić information content (AvgIpc) is 3.38. The smallest absolute Gasteiger partial charge is 0.266 e. The minimum Gasteiger partial charge on any atom is -0.363 e. The van der Waals surface area contributed by atoms with Crippen LogP contribution in [0.15, 0.2) is 24.3 Å². The summed E-state index contributed by atoms with van der Waals surface area (Å²) in [5, 5.41) is 4.58. The summed E-state index contributed by atoms with van der Waals surface area (Å²) >= 11 is 0. The fourth-order valence-electron chi connectivity index (χ4n) is 5.65. The monoisotopic (exact) mass is 548 g/mol. The van der Waals surface area contributed by atoms with Gasteiger partial charge in [0.1, 0.15) is 24.6 Å². The van der Waals surface area contributed by atoms with Crippen molar-refractivity contribution >= 4 is 35.1 Å². The molecule has 5 rings (SSSR count). The summed E-state index contributed by atoms with van der Waals surface area (Å²) in [6, 6.07) is 5.10. The zero-order chi connectivity index (χ0) is 27.2. The number of amides is 1. The number of nitrogens with one attached hydrogen (secondary N) is 1. The van der Waals surface area contributed by atoms with Crippen molar-refractivity contribution in [1.82, 2.24) is 14.9 Å². The van der Waals surface area contributed by atoms with Gasteiger partial charge in [-0.25, -0.2) is 27.5 Å². The van der Waals surface area contributed by atoms with E-state index >= 15 is 0 Å². The second-order valence-corrected chi connectivity index (χ2v) is 13.1. The third-order valence-electron chi connectivity index (χ3n) is 7.63. The predicted octanol–water partition coefficient (Wildman–Crippen LogP) is 5.48. The number of rotatable bonds is 6. The molecule has 1 atom stereocenters. The molecule has 2 heterocycles. The molecule has 0 spiro atoms. The van der Waals surface area contributed by atoms with E-state index in [1.165, 1.54) is 17.0 Å². The number of nitrogens with zero attached hydrogens (tertiary/aromatic N) is 3. The van der Waals surface area contributed by atoms with Crippen molar-refractivity contribution in [2.75, 3.05) is 37.4 Å². The molecular formula is C27H29F4N4O2P. The fraction of sp³-hybridized carbons (Fsp3) is 0.444. The van der Waals surface area contributed by atoms with Crippen LogP contribution in [0.25, 0.3) is 10.9 Å². The van der Waals surface area contributed by atoms with E-state index in [9.17, 15) is 26.9 Å². The van der Waals surface area contributed by atoms with Gasteiger partial charge in [-0.05, 0) is 50.3 Å². The van der Waals surface area contributed by atoms with Crippen molar-refractivity contribution in [3.8, 4) is 0 Å². The molecule has 0 bridgehead atoms. The normalized spacial score (nSPS) is 17.6. The quantitative estimate of drug-likeness (QED) is 0.326. The Bertz CT molecular complexity index is 1450. The zero-order valence-electron chi connectivity index (χ0n) is 21.2. The summed E-state index contributed by atoms with van der Waals surface area (Å²) in [6.45, 7) is 2.83. The standard InChI is InChI=1S/C27H29F4N4O2P/c1-15(17-5-3-8-20(24(17)29)26(30)31)32-27-21-13-22(38(37)11-9-35(10-12-38)23(36)14-28)18-6-4-7-19(18)25(21)33-16(2)34-27/h3,5,8,13,15,26H,4,6-7,9-12,14H2,1-2H3,(H,32,33,34)/t15-/m1/s1. The van der Waals surface area contributed by atoms with Crippen LogP contribution in [0.2, 0.25) is 0 Å². The van der Waals surface area contributed by atoms with E-state index in [4.69, 9.17) is 0 Å². The molecule has 0 saturated carbocycles. The molecule has 2 aromatic carbocycles. The first-order chi connectivity index (χ1) is 18.1. The lowest BCUT2D eigenvalue weighted by Gasteiger charge is -2.33. The van der Waals surface area contributed by atoms with Gasteiger partial charge in [-0.15, -0.1) is 0 Å². The van der Waals surface area contributed by atoms with Crippen molar-refractivity contribution < 1.29 is 26.9 Å². The highest BCUT2D eigenvalue weighted by Crippen LogP contribution is 2.50. The van der Waals surface area contributed by atoms with Gasteiger partial charge in [0.15, 0.2) is 6.67 Å². The topological polar surface area (TPSA) is 75.2 Å². The molecule has 1 amide bonds. The van der Waals surface area contributed by atoms with Gasteiger partial charge in [-0.1, -0.05) is 18.2 Å². The van der Waals surface area contributed by atoms with Gasteiger partial charge in [-0.3, -0.25) is 4.79 Å². The molecule has 0 radical (unpaired) electrons. The Morgan fingerprint density at radius 1 is 1.13 bits per heavy atom. The number of carbonyl (C=O) groups excluding carboxylic acids is 1. The van der Waals surface area contributed by atoms with Gasteiger partial charge in [0, 0.05) is 41.7 Å². The molecule has 1 fully saturated rings. The number of alkyl halides is 3. The Kier molecular flexibility index (Phi) is 7.20.